The van der Waals surface area contributed by atoms with Crippen LogP contribution in [0.2, 0.25) is 0 Å². The second-order valence-electron chi connectivity index (χ2n) is 7.66. The fraction of sp³-hybridized carbons (Fsp3) is 0.348. The van der Waals surface area contributed by atoms with E-state index < -0.39 is 0 Å². The Labute approximate surface area is 159 Å². The molecule has 5 rings (SSSR count). The highest BCUT2D eigenvalue weighted by Gasteiger charge is 2.32. The van der Waals surface area contributed by atoms with E-state index in [9.17, 15) is 4.79 Å². The van der Waals surface area contributed by atoms with E-state index >= 15 is 0 Å². The number of hydrogen-bond donors (Lipinski definition) is 1. The fourth-order valence-electron chi connectivity index (χ4n) is 4.72. The van der Waals surface area contributed by atoms with Crippen LogP contribution in [0.3, 0.4) is 0 Å². The largest absolute Gasteiger partial charge is 0.497 e. The van der Waals surface area contributed by atoms with Gasteiger partial charge < -0.3 is 14.6 Å². The van der Waals surface area contributed by atoms with Gasteiger partial charge in [0.05, 0.1) is 7.11 Å². The number of aromatic amines is 1. The van der Waals surface area contributed by atoms with Gasteiger partial charge >= 0.3 is 0 Å². The van der Waals surface area contributed by atoms with Crippen LogP contribution in [0, 0.1) is 5.92 Å². The molecule has 2 aliphatic rings. The van der Waals surface area contributed by atoms with Crippen LogP contribution in [0.1, 0.15) is 29.7 Å². The first-order valence-electron chi connectivity index (χ1n) is 9.81. The molecular formula is C23H24N2O2. The van der Waals surface area contributed by atoms with Crippen LogP contribution >= 0.6 is 0 Å². The van der Waals surface area contributed by atoms with Gasteiger partial charge in [-0.15, -0.1) is 0 Å². The minimum atomic E-state index is 0.0499. The molecule has 1 aliphatic carbocycles. The number of nitrogens with zero attached hydrogens (tertiary/aromatic N) is 1. The third-order valence-electron chi connectivity index (χ3n) is 6.12. The lowest BCUT2D eigenvalue weighted by Gasteiger charge is -2.33. The summed E-state index contributed by atoms with van der Waals surface area (Å²) in [4.78, 5) is 19.0. The van der Waals surface area contributed by atoms with Crippen LogP contribution in [0.15, 0.2) is 42.5 Å². The normalized spacial score (nSPS) is 18.9. The molecule has 1 aliphatic heterocycles. The minimum Gasteiger partial charge on any atom is -0.497 e. The van der Waals surface area contributed by atoms with Gasteiger partial charge in [-0.3, -0.25) is 4.79 Å². The molecule has 1 atom stereocenters. The average molecular weight is 360 g/mol. The first-order chi connectivity index (χ1) is 13.2. The van der Waals surface area contributed by atoms with Crippen molar-refractivity contribution in [3.8, 4) is 5.75 Å². The molecule has 4 heteroatoms. The number of methoxy groups -OCH3 is 1. The van der Waals surface area contributed by atoms with Crippen LogP contribution in [-0.2, 0) is 24.1 Å². The first kappa shape index (κ1) is 16.4. The zero-order chi connectivity index (χ0) is 18.4. The summed E-state index contributed by atoms with van der Waals surface area (Å²) >= 11 is 0. The highest BCUT2D eigenvalue weighted by atomic mass is 16.5. The SMILES string of the molecule is COc1ccc2[nH]c3c(c2c1)CC(C(=O)N1CCCc2ccccc21)CC3. The summed E-state index contributed by atoms with van der Waals surface area (Å²) in [6, 6.07) is 14.5. The topological polar surface area (TPSA) is 45.3 Å². The van der Waals surface area contributed by atoms with Crippen LogP contribution in [0.4, 0.5) is 5.69 Å². The zero-order valence-corrected chi connectivity index (χ0v) is 15.6. The van der Waals surface area contributed by atoms with Crippen LogP contribution in [-0.4, -0.2) is 24.5 Å². The summed E-state index contributed by atoms with van der Waals surface area (Å²) in [5, 5.41) is 1.20. The molecule has 2 aromatic carbocycles. The number of aromatic nitrogens is 1. The Morgan fingerprint density at radius 2 is 2.07 bits per heavy atom. The van der Waals surface area contributed by atoms with Gasteiger partial charge in [0.15, 0.2) is 0 Å². The molecular weight excluding hydrogens is 336 g/mol. The number of benzene rings is 2. The van der Waals surface area contributed by atoms with E-state index in [1.807, 2.05) is 17.0 Å². The van der Waals surface area contributed by atoms with Gasteiger partial charge in [-0.05, 0) is 67.5 Å². The van der Waals surface area contributed by atoms with Crippen molar-refractivity contribution in [1.82, 2.24) is 4.98 Å². The number of nitrogens with one attached hydrogen (secondary N) is 1. The van der Waals surface area contributed by atoms with Gasteiger partial charge in [-0.25, -0.2) is 0 Å². The standard InChI is InChI=1S/C23H24N2O2/c1-27-17-9-11-21-19(14-17)18-13-16(8-10-20(18)24-21)23(26)25-12-4-6-15-5-2-3-7-22(15)25/h2-3,5,7,9,11,14,16,24H,4,6,8,10,12-13H2,1H3. The number of amides is 1. The summed E-state index contributed by atoms with van der Waals surface area (Å²) in [7, 11) is 1.69. The van der Waals surface area contributed by atoms with Crippen molar-refractivity contribution in [1.29, 1.82) is 0 Å². The van der Waals surface area contributed by atoms with E-state index in [0.29, 0.717) is 0 Å². The van der Waals surface area contributed by atoms with Gasteiger partial charge in [-0.1, -0.05) is 18.2 Å². The molecule has 2 heterocycles. The van der Waals surface area contributed by atoms with Gasteiger partial charge in [0.25, 0.3) is 0 Å². The Morgan fingerprint density at radius 3 is 2.96 bits per heavy atom. The van der Waals surface area contributed by atoms with E-state index in [2.05, 4.69) is 35.3 Å². The Bertz CT molecular complexity index is 1020. The van der Waals surface area contributed by atoms with Crippen molar-refractivity contribution < 1.29 is 9.53 Å². The van der Waals surface area contributed by atoms with Crippen molar-refractivity contribution in [2.45, 2.75) is 32.1 Å². The van der Waals surface area contributed by atoms with Crippen molar-refractivity contribution in [3.63, 3.8) is 0 Å². The van der Waals surface area contributed by atoms with Crippen LogP contribution in [0.5, 0.6) is 5.75 Å². The molecule has 0 spiro atoms. The summed E-state index contributed by atoms with van der Waals surface area (Å²) in [6.45, 7) is 0.834. The monoisotopic (exact) mass is 360 g/mol. The molecule has 1 unspecified atom stereocenters. The van der Waals surface area contributed by atoms with E-state index in [0.717, 1.165) is 55.6 Å². The molecule has 0 radical (unpaired) electrons. The maximum atomic E-state index is 13.4. The number of para-hydroxylation sites is 1. The maximum Gasteiger partial charge on any atom is 0.230 e. The number of rotatable bonds is 2. The molecule has 3 aromatic rings. The maximum absolute atomic E-state index is 13.4. The van der Waals surface area contributed by atoms with Crippen LogP contribution in [0.25, 0.3) is 10.9 Å². The molecule has 1 amide bonds. The lowest BCUT2D eigenvalue weighted by Crippen LogP contribution is -2.41. The Hall–Kier alpha value is -2.75. The molecule has 138 valence electrons. The molecule has 0 fully saturated rings. The third kappa shape index (κ3) is 2.71. The predicted octanol–water partition coefficient (Wildman–Crippen LogP) is 4.26. The highest BCUT2D eigenvalue weighted by Crippen LogP contribution is 2.36. The Morgan fingerprint density at radius 1 is 1.19 bits per heavy atom. The zero-order valence-electron chi connectivity index (χ0n) is 15.6. The Kier molecular flexibility index (Phi) is 3.92. The molecule has 0 bridgehead atoms. The summed E-state index contributed by atoms with van der Waals surface area (Å²) in [5.74, 6) is 1.20. The number of carbonyl (C=O) groups excluding carboxylic acids is 1. The molecule has 1 aromatic heterocycles. The van der Waals surface area contributed by atoms with E-state index in [1.54, 1.807) is 7.11 Å². The smallest absolute Gasteiger partial charge is 0.230 e. The van der Waals surface area contributed by atoms with E-state index in [4.69, 9.17) is 4.74 Å². The number of anilines is 1. The second-order valence-corrected chi connectivity index (χ2v) is 7.66. The number of fused-ring (bicyclic) bond motifs is 4. The fourth-order valence-corrected chi connectivity index (χ4v) is 4.72. The van der Waals surface area contributed by atoms with E-state index in [-0.39, 0.29) is 11.8 Å². The molecule has 4 nitrogen and oxygen atoms in total. The lowest BCUT2D eigenvalue weighted by atomic mass is 9.85. The van der Waals surface area contributed by atoms with Gasteiger partial charge in [0, 0.05) is 34.7 Å². The lowest BCUT2D eigenvalue weighted by molar-refractivity contribution is -0.122. The van der Waals surface area contributed by atoms with E-state index in [1.165, 1.54) is 22.2 Å². The average Bonchev–Trinajstić information content (AvgIpc) is 3.09. The summed E-state index contributed by atoms with van der Waals surface area (Å²) in [5.41, 5.74) is 6.11. The minimum absolute atomic E-state index is 0.0499. The van der Waals surface area contributed by atoms with Gasteiger partial charge in [-0.2, -0.15) is 0 Å². The number of ether oxygens (including phenoxy) is 1. The number of H-pyrrole nitrogens is 1. The van der Waals surface area contributed by atoms with Gasteiger partial charge in [0.2, 0.25) is 5.91 Å². The predicted molar refractivity (Wildman–Crippen MR) is 107 cm³/mol. The van der Waals surface area contributed by atoms with Crippen molar-refractivity contribution in [2.24, 2.45) is 5.92 Å². The molecule has 0 saturated carbocycles. The Balaban J connectivity index is 1.46. The summed E-state index contributed by atoms with van der Waals surface area (Å²) < 4.78 is 5.40. The first-order valence-corrected chi connectivity index (χ1v) is 9.81. The van der Waals surface area contributed by atoms with Crippen molar-refractivity contribution >= 4 is 22.5 Å². The number of aryl methyl sites for hydroxylation is 2. The number of hydrogen-bond acceptors (Lipinski definition) is 2. The van der Waals surface area contributed by atoms with Crippen LogP contribution < -0.4 is 9.64 Å². The van der Waals surface area contributed by atoms with Gasteiger partial charge in [0.1, 0.15) is 5.75 Å². The molecule has 1 N–H and O–H groups in total. The quantitative estimate of drug-likeness (QED) is 0.742. The second kappa shape index (κ2) is 6.45. The van der Waals surface area contributed by atoms with Crippen molar-refractivity contribution in [3.05, 3.63) is 59.3 Å². The molecule has 0 saturated heterocycles. The molecule has 27 heavy (non-hydrogen) atoms. The summed E-state index contributed by atoms with van der Waals surface area (Å²) in [6.07, 6.45) is 4.76. The highest BCUT2D eigenvalue weighted by molar-refractivity contribution is 5.97. The third-order valence-corrected chi connectivity index (χ3v) is 6.12. The number of carbonyl (C=O) groups is 1. The van der Waals surface area contributed by atoms with Crippen molar-refractivity contribution in [2.75, 3.05) is 18.6 Å².